The van der Waals surface area contributed by atoms with E-state index in [4.69, 9.17) is 5.14 Å². The van der Waals surface area contributed by atoms with Gasteiger partial charge in [0.25, 0.3) is 0 Å². The predicted molar refractivity (Wildman–Crippen MR) is 66.0 cm³/mol. The number of primary sulfonamides is 1. The lowest BCUT2D eigenvalue weighted by Gasteiger charge is -2.16. The first-order chi connectivity index (χ1) is 7.86. The number of anilines is 1. The highest BCUT2D eigenvalue weighted by Gasteiger charge is 2.11. The normalized spacial score (nSPS) is 10.9. The molecule has 0 aliphatic heterocycles. The van der Waals surface area contributed by atoms with Gasteiger partial charge in [-0.15, -0.1) is 6.58 Å². The van der Waals surface area contributed by atoms with Gasteiger partial charge in [-0.05, 0) is 24.3 Å². The Morgan fingerprint density at radius 3 is 2.35 bits per heavy atom. The molecule has 92 valence electrons. The zero-order valence-electron chi connectivity index (χ0n) is 9.46. The minimum Gasteiger partial charge on any atom is -0.315 e. The number of sulfonamides is 1. The molecule has 1 amide bonds. The van der Waals surface area contributed by atoms with Crippen molar-refractivity contribution in [3.05, 3.63) is 36.9 Å². The van der Waals surface area contributed by atoms with Crippen LogP contribution in [0.4, 0.5) is 5.69 Å². The van der Waals surface area contributed by atoms with Crippen molar-refractivity contribution in [3.8, 4) is 0 Å². The third kappa shape index (κ3) is 3.40. The molecule has 0 unspecified atom stereocenters. The number of hydrogen-bond acceptors (Lipinski definition) is 3. The van der Waals surface area contributed by atoms with Crippen LogP contribution in [-0.4, -0.2) is 21.4 Å². The molecule has 0 aromatic heterocycles. The standard InChI is InChI=1S/C11H14N2O3S/c1-3-4-11(14)13(2)9-5-7-10(8-6-9)17(12,15)16/h3,5-8H,1,4H2,2H3,(H2,12,15,16). The molecule has 0 saturated heterocycles. The molecule has 1 aromatic carbocycles. The van der Waals surface area contributed by atoms with Crippen LogP contribution in [0.15, 0.2) is 41.8 Å². The van der Waals surface area contributed by atoms with Crippen LogP contribution < -0.4 is 10.0 Å². The van der Waals surface area contributed by atoms with Crippen molar-refractivity contribution in [1.29, 1.82) is 0 Å². The quantitative estimate of drug-likeness (QED) is 0.810. The number of carbonyl (C=O) groups excluding carboxylic acids is 1. The van der Waals surface area contributed by atoms with Gasteiger partial charge >= 0.3 is 0 Å². The third-order valence-corrected chi connectivity index (χ3v) is 3.17. The third-order valence-electron chi connectivity index (χ3n) is 2.25. The van der Waals surface area contributed by atoms with Crippen LogP contribution in [-0.2, 0) is 14.8 Å². The number of amides is 1. The van der Waals surface area contributed by atoms with E-state index in [-0.39, 0.29) is 17.2 Å². The SMILES string of the molecule is C=CCC(=O)N(C)c1ccc(S(N)(=O)=O)cc1. The molecule has 1 aromatic rings. The maximum atomic E-state index is 11.5. The second kappa shape index (κ2) is 5.11. The number of nitrogens with zero attached hydrogens (tertiary/aromatic N) is 1. The fraction of sp³-hybridized carbons (Fsp3) is 0.182. The summed E-state index contributed by atoms with van der Waals surface area (Å²) in [4.78, 5) is 13.0. The molecule has 6 heteroatoms. The minimum atomic E-state index is -3.70. The number of carbonyl (C=O) groups is 1. The van der Waals surface area contributed by atoms with E-state index < -0.39 is 10.0 Å². The van der Waals surface area contributed by atoms with Crippen LogP contribution in [0.5, 0.6) is 0 Å². The van der Waals surface area contributed by atoms with E-state index >= 15 is 0 Å². The highest BCUT2D eigenvalue weighted by Crippen LogP contribution is 2.16. The fourth-order valence-corrected chi connectivity index (χ4v) is 1.78. The maximum absolute atomic E-state index is 11.5. The average molecular weight is 254 g/mol. The molecular formula is C11H14N2O3S. The number of hydrogen-bond donors (Lipinski definition) is 1. The summed E-state index contributed by atoms with van der Waals surface area (Å²) in [6.45, 7) is 3.48. The van der Waals surface area contributed by atoms with Gasteiger partial charge in [0.05, 0.1) is 4.90 Å². The van der Waals surface area contributed by atoms with Crippen LogP contribution in [0.25, 0.3) is 0 Å². The molecule has 0 aliphatic carbocycles. The lowest BCUT2D eigenvalue weighted by molar-refractivity contribution is -0.117. The van der Waals surface area contributed by atoms with Crippen LogP contribution in [0.2, 0.25) is 0 Å². The van der Waals surface area contributed by atoms with Crippen molar-refractivity contribution in [3.63, 3.8) is 0 Å². The topological polar surface area (TPSA) is 80.5 Å². The second-order valence-electron chi connectivity index (χ2n) is 3.48. The molecule has 5 nitrogen and oxygen atoms in total. The van der Waals surface area contributed by atoms with Gasteiger partial charge in [-0.25, -0.2) is 13.6 Å². The van der Waals surface area contributed by atoms with Gasteiger partial charge in [0.1, 0.15) is 0 Å². The summed E-state index contributed by atoms with van der Waals surface area (Å²) in [7, 11) is -2.09. The van der Waals surface area contributed by atoms with Gasteiger partial charge in [-0.2, -0.15) is 0 Å². The average Bonchev–Trinajstić information content (AvgIpc) is 2.27. The van der Waals surface area contributed by atoms with Crippen molar-refractivity contribution in [2.45, 2.75) is 11.3 Å². The summed E-state index contributed by atoms with van der Waals surface area (Å²) in [6.07, 6.45) is 1.74. The molecule has 2 N–H and O–H groups in total. The highest BCUT2D eigenvalue weighted by atomic mass is 32.2. The molecule has 0 atom stereocenters. The molecule has 0 fully saturated rings. The van der Waals surface area contributed by atoms with Crippen molar-refractivity contribution in [1.82, 2.24) is 0 Å². The highest BCUT2D eigenvalue weighted by molar-refractivity contribution is 7.89. The monoisotopic (exact) mass is 254 g/mol. The van der Waals surface area contributed by atoms with E-state index in [0.717, 1.165) is 0 Å². The fourth-order valence-electron chi connectivity index (χ4n) is 1.26. The van der Waals surface area contributed by atoms with Gasteiger partial charge in [-0.3, -0.25) is 4.79 Å². The van der Waals surface area contributed by atoms with E-state index in [9.17, 15) is 13.2 Å². The van der Waals surface area contributed by atoms with E-state index in [1.165, 1.54) is 35.2 Å². The molecule has 0 radical (unpaired) electrons. The summed E-state index contributed by atoms with van der Waals surface area (Å²) in [6, 6.07) is 5.78. The van der Waals surface area contributed by atoms with E-state index in [2.05, 4.69) is 6.58 Å². The van der Waals surface area contributed by atoms with Crippen molar-refractivity contribution in [2.24, 2.45) is 5.14 Å². The maximum Gasteiger partial charge on any atom is 0.238 e. The Hall–Kier alpha value is -1.66. The molecule has 0 spiro atoms. The Balaban J connectivity index is 2.95. The predicted octanol–water partition coefficient (Wildman–Crippen LogP) is 0.873. The summed E-state index contributed by atoms with van der Waals surface area (Å²) >= 11 is 0. The molecule has 1 rings (SSSR count). The first-order valence-electron chi connectivity index (χ1n) is 4.86. The molecule has 0 saturated carbocycles. The van der Waals surface area contributed by atoms with Crippen LogP contribution in [0.1, 0.15) is 6.42 Å². The van der Waals surface area contributed by atoms with Crippen molar-refractivity contribution >= 4 is 21.6 Å². The van der Waals surface area contributed by atoms with Crippen LogP contribution in [0.3, 0.4) is 0 Å². The Kier molecular flexibility index (Phi) is 4.03. The number of benzene rings is 1. The molecule has 0 heterocycles. The van der Waals surface area contributed by atoms with E-state index in [1.54, 1.807) is 7.05 Å². The smallest absolute Gasteiger partial charge is 0.238 e. The van der Waals surface area contributed by atoms with E-state index in [1.807, 2.05) is 0 Å². The van der Waals surface area contributed by atoms with Gasteiger partial charge in [0.2, 0.25) is 15.9 Å². The summed E-state index contributed by atoms with van der Waals surface area (Å²) in [5, 5.41) is 4.97. The molecular weight excluding hydrogens is 240 g/mol. The minimum absolute atomic E-state index is 0.0193. The van der Waals surface area contributed by atoms with Gasteiger partial charge in [-0.1, -0.05) is 6.08 Å². The summed E-state index contributed by atoms with van der Waals surface area (Å²) < 4.78 is 22.1. The Bertz CT molecular complexity index is 520. The number of nitrogens with two attached hydrogens (primary N) is 1. The van der Waals surface area contributed by atoms with Crippen molar-refractivity contribution in [2.75, 3.05) is 11.9 Å². The van der Waals surface area contributed by atoms with Gasteiger partial charge in [0.15, 0.2) is 0 Å². The first-order valence-corrected chi connectivity index (χ1v) is 6.41. The van der Waals surface area contributed by atoms with Gasteiger partial charge in [0, 0.05) is 19.2 Å². The molecule has 17 heavy (non-hydrogen) atoms. The summed E-state index contributed by atoms with van der Waals surface area (Å²) in [5.41, 5.74) is 0.601. The van der Waals surface area contributed by atoms with Crippen LogP contribution >= 0.6 is 0 Å². The lowest BCUT2D eigenvalue weighted by atomic mass is 10.2. The zero-order chi connectivity index (χ0) is 13.1. The second-order valence-corrected chi connectivity index (χ2v) is 5.05. The molecule has 0 aliphatic rings. The van der Waals surface area contributed by atoms with Crippen molar-refractivity contribution < 1.29 is 13.2 Å². The van der Waals surface area contributed by atoms with Crippen LogP contribution in [0, 0.1) is 0 Å². The Morgan fingerprint density at radius 1 is 1.41 bits per heavy atom. The lowest BCUT2D eigenvalue weighted by Crippen LogP contribution is -2.25. The van der Waals surface area contributed by atoms with Gasteiger partial charge < -0.3 is 4.90 Å². The summed E-state index contributed by atoms with van der Waals surface area (Å²) in [5.74, 6) is -0.122. The largest absolute Gasteiger partial charge is 0.315 e. The Labute approximate surface area is 101 Å². The van der Waals surface area contributed by atoms with E-state index in [0.29, 0.717) is 5.69 Å². The zero-order valence-corrected chi connectivity index (χ0v) is 10.3. The molecule has 0 bridgehead atoms. The Morgan fingerprint density at radius 2 is 1.94 bits per heavy atom. The first kappa shape index (κ1) is 13.4. The number of rotatable bonds is 4.